The summed E-state index contributed by atoms with van der Waals surface area (Å²) < 4.78 is 12.2. The van der Waals surface area contributed by atoms with Crippen molar-refractivity contribution in [2.24, 2.45) is 0 Å². The first kappa shape index (κ1) is 27.7. The molecule has 1 aromatic carbocycles. The van der Waals surface area contributed by atoms with Crippen LogP contribution < -0.4 is 14.7 Å². The molecule has 1 aliphatic rings. The number of thiophene rings is 1. The zero-order valence-electron chi connectivity index (χ0n) is 23.4. The number of aromatic nitrogens is 4. The van der Waals surface area contributed by atoms with Gasteiger partial charge in [0.2, 0.25) is 11.9 Å². The summed E-state index contributed by atoms with van der Waals surface area (Å²) in [7, 11) is 1.92. The molecule has 4 heterocycles. The summed E-state index contributed by atoms with van der Waals surface area (Å²) in [5.41, 5.74) is 3.66. The number of carbonyl (C=O) groups is 1. The predicted octanol–water partition coefficient (Wildman–Crippen LogP) is 4.72. The van der Waals surface area contributed by atoms with Gasteiger partial charge in [0.1, 0.15) is 6.10 Å². The highest BCUT2D eigenvalue weighted by Gasteiger charge is 2.24. The Labute approximate surface area is 238 Å². The third-order valence-electron chi connectivity index (χ3n) is 6.94. The lowest BCUT2D eigenvalue weighted by atomic mass is 10.1. The fourth-order valence-electron chi connectivity index (χ4n) is 4.77. The minimum atomic E-state index is -0.421. The van der Waals surface area contributed by atoms with Gasteiger partial charge in [-0.1, -0.05) is 12.1 Å². The van der Waals surface area contributed by atoms with Crippen LogP contribution in [0.25, 0.3) is 10.2 Å². The summed E-state index contributed by atoms with van der Waals surface area (Å²) in [6.45, 7) is 11.1. The molecular formula is C29H35N7O3S. The standard InChI is InChI=1S/C29H35N7O3S/c1-5-35(6-2)22-10-8-20(9-11-22)25-19-36(12-13-39-25)29-32-17-26-24(33-29)14-23(40-26)18-34(4)28-30-15-21(16-31-28)27(37)38-7-3/h8-11,14-17,25H,5-7,12-13,18-19H2,1-4H3. The third-order valence-corrected chi connectivity index (χ3v) is 7.98. The van der Waals surface area contributed by atoms with Crippen LogP contribution in [0.5, 0.6) is 0 Å². The summed E-state index contributed by atoms with van der Waals surface area (Å²) in [6.07, 6.45) is 4.86. The molecule has 10 nitrogen and oxygen atoms in total. The molecule has 3 aromatic heterocycles. The van der Waals surface area contributed by atoms with Gasteiger partial charge in [-0.3, -0.25) is 0 Å². The number of rotatable bonds is 10. The van der Waals surface area contributed by atoms with E-state index in [2.05, 4.69) is 63.9 Å². The lowest BCUT2D eigenvalue weighted by molar-refractivity contribution is 0.0392. The quantitative estimate of drug-likeness (QED) is 0.253. The maximum absolute atomic E-state index is 11.9. The molecule has 210 valence electrons. The number of hydrogen-bond acceptors (Lipinski definition) is 11. The van der Waals surface area contributed by atoms with Gasteiger partial charge in [0.25, 0.3) is 0 Å². The lowest BCUT2D eigenvalue weighted by Gasteiger charge is -2.33. The van der Waals surface area contributed by atoms with E-state index in [1.54, 1.807) is 18.3 Å². The van der Waals surface area contributed by atoms with Gasteiger partial charge in [-0.15, -0.1) is 11.3 Å². The molecule has 5 rings (SSSR count). The number of fused-ring (bicyclic) bond motifs is 1. The predicted molar refractivity (Wildman–Crippen MR) is 158 cm³/mol. The van der Waals surface area contributed by atoms with Crippen molar-refractivity contribution in [1.29, 1.82) is 0 Å². The van der Waals surface area contributed by atoms with Gasteiger partial charge >= 0.3 is 5.97 Å². The zero-order chi connectivity index (χ0) is 28.1. The Morgan fingerprint density at radius 2 is 1.85 bits per heavy atom. The number of hydrogen-bond donors (Lipinski definition) is 0. The monoisotopic (exact) mass is 561 g/mol. The van der Waals surface area contributed by atoms with Gasteiger partial charge in [0, 0.05) is 49.6 Å². The van der Waals surface area contributed by atoms with Gasteiger partial charge in [-0.05, 0) is 44.5 Å². The van der Waals surface area contributed by atoms with E-state index in [1.165, 1.54) is 23.6 Å². The molecule has 0 amide bonds. The molecular weight excluding hydrogens is 526 g/mol. The van der Waals surface area contributed by atoms with Gasteiger partial charge in [0.05, 0.1) is 48.3 Å². The molecule has 0 bridgehead atoms. The van der Waals surface area contributed by atoms with Crippen LogP contribution in [-0.4, -0.2) is 72.3 Å². The minimum absolute atomic E-state index is 0.0271. The number of benzene rings is 1. The number of nitrogens with zero attached hydrogens (tertiary/aromatic N) is 7. The zero-order valence-corrected chi connectivity index (χ0v) is 24.2. The molecule has 1 saturated heterocycles. The van der Waals surface area contributed by atoms with Gasteiger partial charge in [0.15, 0.2) is 0 Å². The molecule has 11 heteroatoms. The molecule has 0 radical (unpaired) electrons. The van der Waals surface area contributed by atoms with Crippen molar-refractivity contribution in [1.82, 2.24) is 19.9 Å². The van der Waals surface area contributed by atoms with Crippen molar-refractivity contribution in [2.45, 2.75) is 33.4 Å². The number of ether oxygens (including phenoxy) is 2. The van der Waals surface area contributed by atoms with E-state index in [0.717, 1.165) is 40.7 Å². The Bertz CT molecular complexity index is 1420. The van der Waals surface area contributed by atoms with Crippen LogP contribution >= 0.6 is 11.3 Å². The molecule has 1 aliphatic heterocycles. The molecule has 0 saturated carbocycles. The van der Waals surface area contributed by atoms with Crippen molar-refractivity contribution in [3.05, 3.63) is 64.9 Å². The van der Waals surface area contributed by atoms with Crippen LogP contribution in [-0.2, 0) is 16.0 Å². The van der Waals surface area contributed by atoms with E-state index in [1.807, 2.05) is 18.1 Å². The number of esters is 1. The third kappa shape index (κ3) is 6.15. The molecule has 40 heavy (non-hydrogen) atoms. The number of anilines is 3. The summed E-state index contributed by atoms with van der Waals surface area (Å²) in [6, 6.07) is 10.8. The average molecular weight is 562 g/mol. The molecule has 0 spiro atoms. The van der Waals surface area contributed by atoms with Crippen molar-refractivity contribution in [3.8, 4) is 0 Å². The van der Waals surface area contributed by atoms with Crippen molar-refractivity contribution < 1.29 is 14.3 Å². The lowest BCUT2D eigenvalue weighted by Crippen LogP contribution is -2.39. The Balaban J connectivity index is 1.25. The second kappa shape index (κ2) is 12.6. The second-order valence-electron chi connectivity index (χ2n) is 9.55. The first-order valence-corrected chi connectivity index (χ1v) is 14.5. The average Bonchev–Trinajstić information content (AvgIpc) is 3.40. The van der Waals surface area contributed by atoms with Crippen LogP contribution in [0.15, 0.2) is 48.9 Å². The molecule has 0 N–H and O–H groups in total. The highest BCUT2D eigenvalue weighted by molar-refractivity contribution is 7.19. The van der Waals surface area contributed by atoms with E-state index in [0.29, 0.717) is 37.8 Å². The normalized spacial score (nSPS) is 15.3. The van der Waals surface area contributed by atoms with E-state index in [4.69, 9.17) is 19.4 Å². The minimum Gasteiger partial charge on any atom is -0.462 e. The van der Waals surface area contributed by atoms with Crippen LogP contribution in [0.2, 0.25) is 0 Å². The van der Waals surface area contributed by atoms with Crippen molar-refractivity contribution in [2.75, 3.05) is 61.1 Å². The molecule has 1 unspecified atom stereocenters. The summed E-state index contributed by atoms with van der Waals surface area (Å²) in [4.78, 5) is 37.7. The Hall–Kier alpha value is -3.83. The smallest absolute Gasteiger partial charge is 0.341 e. The maximum atomic E-state index is 11.9. The van der Waals surface area contributed by atoms with Gasteiger partial charge < -0.3 is 24.2 Å². The SMILES string of the molecule is CCOC(=O)c1cnc(N(C)Cc2cc3nc(N4CCOC(c5ccc(N(CC)CC)cc5)C4)ncc3s2)nc1. The van der Waals surface area contributed by atoms with E-state index in [-0.39, 0.29) is 6.10 Å². The topological polar surface area (TPSA) is 96.8 Å². The van der Waals surface area contributed by atoms with E-state index in [9.17, 15) is 4.79 Å². The molecule has 4 aromatic rings. The Kier molecular flexibility index (Phi) is 8.71. The van der Waals surface area contributed by atoms with E-state index >= 15 is 0 Å². The maximum Gasteiger partial charge on any atom is 0.341 e. The Morgan fingerprint density at radius 3 is 2.55 bits per heavy atom. The molecule has 1 atom stereocenters. The second-order valence-corrected chi connectivity index (χ2v) is 10.7. The van der Waals surface area contributed by atoms with Gasteiger partial charge in [-0.2, -0.15) is 0 Å². The van der Waals surface area contributed by atoms with Crippen LogP contribution in [0.1, 0.15) is 47.7 Å². The molecule has 1 fully saturated rings. The van der Waals surface area contributed by atoms with Crippen LogP contribution in [0, 0.1) is 0 Å². The first-order chi connectivity index (χ1) is 19.5. The van der Waals surface area contributed by atoms with Crippen LogP contribution in [0.3, 0.4) is 0 Å². The van der Waals surface area contributed by atoms with Crippen molar-refractivity contribution >= 4 is 45.1 Å². The Morgan fingerprint density at radius 1 is 1.10 bits per heavy atom. The molecule has 0 aliphatic carbocycles. The summed E-state index contributed by atoms with van der Waals surface area (Å²) >= 11 is 1.65. The fraction of sp³-hybridized carbons (Fsp3) is 0.414. The highest BCUT2D eigenvalue weighted by Crippen LogP contribution is 2.30. The van der Waals surface area contributed by atoms with Crippen molar-refractivity contribution in [3.63, 3.8) is 0 Å². The van der Waals surface area contributed by atoms with Gasteiger partial charge in [-0.25, -0.2) is 24.7 Å². The highest BCUT2D eigenvalue weighted by atomic mass is 32.1. The van der Waals surface area contributed by atoms with Crippen LogP contribution in [0.4, 0.5) is 17.6 Å². The number of carbonyl (C=O) groups excluding carboxylic acids is 1. The summed E-state index contributed by atoms with van der Waals surface area (Å²) in [5, 5.41) is 0. The number of morpholine rings is 1. The van der Waals surface area contributed by atoms with E-state index < -0.39 is 5.97 Å². The summed E-state index contributed by atoms with van der Waals surface area (Å²) in [5.74, 6) is 0.827. The largest absolute Gasteiger partial charge is 0.462 e. The first-order valence-electron chi connectivity index (χ1n) is 13.7. The fourth-order valence-corrected chi connectivity index (χ4v) is 5.80.